The van der Waals surface area contributed by atoms with E-state index in [-0.39, 0.29) is 34.0 Å². The highest BCUT2D eigenvalue weighted by Gasteiger charge is 2.23. The molecule has 1 aromatic rings. The Hall–Kier alpha value is -1.15. The Morgan fingerprint density at radius 1 is 1.60 bits per heavy atom. The summed E-state index contributed by atoms with van der Waals surface area (Å²) in [6.07, 6.45) is 0.192. The van der Waals surface area contributed by atoms with E-state index in [1.165, 1.54) is 0 Å². The van der Waals surface area contributed by atoms with Gasteiger partial charge >= 0.3 is 5.97 Å². The minimum atomic E-state index is -1.27. The van der Waals surface area contributed by atoms with Crippen molar-refractivity contribution < 1.29 is 19.4 Å². The number of ether oxygens (including phenoxy) is 2. The van der Waals surface area contributed by atoms with Crippen LogP contribution in [0.1, 0.15) is 17.4 Å². The SMILES string of the molecule is C[C@H](COCC1CO1)Nc1nc(Cl)nc(C(=O)O)c1Cl. The topological polar surface area (TPSA) is 96.9 Å². The Bertz CT molecular complexity index is 511. The number of carboxylic acid groups (broad SMARTS) is 1. The fourth-order valence-corrected chi connectivity index (χ4v) is 1.86. The number of halogens is 2. The van der Waals surface area contributed by atoms with Crippen molar-refractivity contribution in [2.45, 2.75) is 19.1 Å². The molecule has 0 saturated carbocycles. The normalized spacial score (nSPS) is 18.6. The Morgan fingerprint density at radius 2 is 2.30 bits per heavy atom. The quantitative estimate of drug-likeness (QED) is 0.582. The average molecular weight is 322 g/mol. The summed E-state index contributed by atoms with van der Waals surface area (Å²) < 4.78 is 10.4. The number of carboxylic acids is 1. The van der Waals surface area contributed by atoms with Crippen molar-refractivity contribution in [1.29, 1.82) is 0 Å². The molecule has 110 valence electrons. The van der Waals surface area contributed by atoms with Crippen LogP contribution in [-0.2, 0) is 9.47 Å². The summed E-state index contributed by atoms with van der Waals surface area (Å²) in [5.74, 6) is -1.10. The van der Waals surface area contributed by atoms with Crippen LogP contribution in [0.25, 0.3) is 0 Å². The molecule has 2 rings (SSSR count). The summed E-state index contributed by atoms with van der Waals surface area (Å²) in [6.45, 7) is 3.52. The van der Waals surface area contributed by atoms with E-state index >= 15 is 0 Å². The summed E-state index contributed by atoms with van der Waals surface area (Å²) in [7, 11) is 0. The molecular weight excluding hydrogens is 309 g/mol. The highest BCUT2D eigenvalue weighted by atomic mass is 35.5. The van der Waals surface area contributed by atoms with Gasteiger partial charge in [0, 0.05) is 6.04 Å². The van der Waals surface area contributed by atoms with E-state index < -0.39 is 5.97 Å². The molecule has 1 aliphatic heterocycles. The molecule has 9 heteroatoms. The lowest BCUT2D eigenvalue weighted by molar-refractivity contribution is 0.0690. The molecule has 1 fully saturated rings. The minimum absolute atomic E-state index is 0.0840. The van der Waals surface area contributed by atoms with Crippen LogP contribution in [0.15, 0.2) is 0 Å². The number of aromatic carboxylic acids is 1. The molecular formula is C11H13Cl2N3O4. The van der Waals surface area contributed by atoms with Crippen molar-refractivity contribution in [2.75, 3.05) is 25.1 Å². The van der Waals surface area contributed by atoms with E-state index in [9.17, 15) is 4.79 Å². The van der Waals surface area contributed by atoms with Gasteiger partial charge in [-0.25, -0.2) is 9.78 Å². The number of nitrogens with one attached hydrogen (secondary N) is 1. The number of epoxide rings is 1. The van der Waals surface area contributed by atoms with Gasteiger partial charge in [0.15, 0.2) is 11.5 Å². The maximum atomic E-state index is 11.0. The summed E-state index contributed by atoms with van der Waals surface area (Å²) in [5, 5.41) is 11.6. The zero-order chi connectivity index (χ0) is 14.7. The molecule has 2 heterocycles. The van der Waals surface area contributed by atoms with E-state index in [1.54, 1.807) is 0 Å². The number of aromatic nitrogens is 2. The van der Waals surface area contributed by atoms with Gasteiger partial charge in [-0.3, -0.25) is 0 Å². The van der Waals surface area contributed by atoms with Crippen LogP contribution < -0.4 is 5.32 Å². The fourth-order valence-electron chi connectivity index (χ4n) is 1.47. The molecule has 1 aliphatic rings. The molecule has 1 saturated heterocycles. The van der Waals surface area contributed by atoms with Crippen molar-refractivity contribution in [2.24, 2.45) is 0 Å². The second-order valence-corrected chi connectivity index (χ2v) is 5.06. The largest absolute Gasteiger partial charge is 0.476 e. The molecule has 2 N–H and O–H groups in total. The lowest BCUT2D eigenvalue weighted by atomic mass is 10.3. The van der Waals surface area contributed by atoms with E-state index in [2.05, 4.69) is 15.3 Å². The Morgan fingerprint density at radius 3 is 2.90 bits per heavy atom. The molecule has 20 heavy (non-hydrogen) atoms. The van der Waals surface area contributed by atoms with Gasteiger partial charge in [-0.05, 0) is 18.5 Å². The first-order valence-electron chi connectivity index (χ1n) is 5.89. The van der Waals surface area contributed by atoms with Gasteiger partial charge < -0.3 is 19.9 Å². The van der Waals surface area contributed by atoms with Crippen molar-refractivity contribution in [1.82, 2.24) is 9.97 Å². The van der Waals surface area contributed by atoms with Crippen molar-refractivity contribution >= 4 is 35.0 Å². The number of hydrogen-bond donors (Lipinski definition) is 2. The van der Waals surface area contributed by atoms with Crippen molar-refractivity contribution in [3.05, 3.63) is 16.0 Å². The third kappa shape index (κ3) is 4.17. The summed E-state index contributed by atoms with van der Waals surface area (Å²) in [5.41, 5.74) is -0.339. The molecule has 0 aliphatic carbocycles. The van der Waals surface area contributed by atoms with Gasteiger partial charge in [0.2, 0.25) is 5.28 Å². The van der Waals surface area contributed by atoms with Crippen LogP contribution in [-0.4, -0.2) is 53.0 Å². The van der Waals surface area contributed by atoms with Gasteiger partial charge in [0.05, 0.1) is 19.8 Å². The van der Waals surface area contributed by atoms with Gasteiger partial charge in [0.1, 0.15) is 11.1 Å². The number of nitrogens with zero attached hydrogens (tertiary/aromatic N) is 2. The Balaban J connectivity index is 1.98. The van der Waals surface area contributed by atoms with Gasteiger partial charge in [-0.15, -0.1) is 0 Å². The molecule has 0 bridgehead atoms. The predicted molar refractivity (Wildman–Crippen MR) is 72.7 cm³/mol. The zero-order valence-corrected chi connectivity index (χ0v) is 12.1. The van der Waals surface area contributed by atoms with Crippen LogP contribution in [0.5, 0.6) is 0 Å². The molecule has 1 aromatic heterocycles. The van der Waals surface area contributed by atoms with Gasteiger partial charge in [0.25, 0.3) is 0 Å². The number of hydrogen-bond acceptors (Lipinski definition) is 6. The Labute approximate surface area is 125 Å². The summed E-state index contributed by atoms with van der Waals surface area (Å²) in [6, 6.07) is -0.126. The average Bonchev–Trinajstić information content (AvgIpc) is 3.17. The monoisotopic (exact) mass is 321 g/mol. The second kappa shape index (κ2) is 6.53. The molecule has 0 aromatic carbocycles. The minimum Gasteiger partial charge on any atom is -0.476 e. The van der Waals surface area contributed by atoms with Gasteiger partial charge in [-0.1, -0.05) is 11.6 Å². The maximum absolute atomic E-state index is 11.0. The number of anilines is 1. The van der Waals surface area contributed by atoms with Gasteiger partial charge in [-0.2, -0.15) is 4.98 Å². The fraction of sp³-hybridized carbons (Fsp3) is 0.545. The summed E-state index contributed by atoms with van der Waals surface area (Å²) >= 11 is 11.6. The zero-order valence-electron chi connectivity index (χ0n) is 10.6. The van der Waals surface area contributed by atoms with E-state index in [0.717, 1.165) is 6.61 Å². The lowest BCUT2D eigenvalue weighted by Gasteiger charge is -2.16. The molecule has 0 radical (unpaired) electrons. The molecule has 0 amide bonds. The van der Waals surface area contributed by atoms with Crippen molar-refractivity contribution in [3.8, 4) is 0 Å². The first-order valence-corrected chi connectivity index (χ1v) is 6.65. The van der Waals surface area contributed by atoms with E-state index in [4.69, 9.17) is 37.8 Å². The third-order valence-corrected chi connectivity index (χ3v) is 3.01. The van der Waals surface area contributed by atoms with Crippen molar-refractivity contribution in [3.63, 3.8) is 0 Å². The van der Waals surface area contributed by atoms with Crippen LogP contribution in [0, 0.1) is 0 Å². The maximum Gasteiger partial charge on any atom is 0.356 e. The number of carbonyl (C=O) groups is 1. The van der Waals surface area contributed by atoms with Crippen LogP contribution in [0.2, 0.25) is 10.3 Å². The number of rotatable bonds is 7. The predicted octanol–water partition coefficient (Wildman–Crippen LogP) is 1.70. The van der Waals surface area contributed by atoms with E-state index in [0.29, 0.717) is 13.2 Å². The first-order chi connectivity index (χ1) is 9.47. The van der Waals surface area contributed by atoms with E-state index in [1.807, 2.05) is 6.92 Å². The lowest BCUT2D eigenvalue weighted by Crippen LogP contribution is -2.24. The smallest absolute Gasteiger partial charge is 0.356 e. The summed E-state index contributed by atoms with van der Waals surface area (Å²) in [4.78, 5) is 18.4. The van der Waals surface area contributed by atoms with Crippen LogP contribution >= 0.6 is 23.2 Å². The van der Waals surface area contributed by atoms with Crippen LogP contribution in [0.3, 0.4) is 0 Å². The highest BCUT2D eigenvalue weighted by molar-refractivity contribution is 6.36. The second-order valence-electron chi connectivity index (χ2n) is 4.35. The molecule has 2 atom stereocenters. The third-order valence-electron chi connectivity index (χ3n) is 2.48. The van der Waals surface area contributed by atoms with Crippen LogP contribution in [0.4, 0.5) is 5.82 Å². The first kappa shape index (κ1) is 15.2. The molecule has 0 spiro atoms. The molecule has 7 nitrogen and oxygen atoms in total. The highest BCUT2D eigenvalue weighted by Crippen LogP contribution is 2.25. The molecule has 1 unspecified atom stereocenters. The standard InChI is InChI=1S/C11H13Cl2N3O4/c1-5(2-19-3-6-4-20-6)14-9-7(12)8(10(17)18)15-11(13)16-9/h5-6H,2-4H2,1H3,(H,17,18)(H,14,15,16)/t5-,6?/m1/s1. The Kier molecular flexibility index (Phi) is 4.98.